The first-order valence-electron chi connectivity index (χ1n) is 4.65. The van der Waals surface area contributed by atoms with Crippen LogP contribution in [0.5, 0.6) is 0 Å². The lowest BCUT2D eigenvalue weighted by molar-refractivity contribution is -0.354. The maximum atomic E-state index is 9.83. The largest absolute Gasteiger partial charge is 0.394 e. The zero-order valence-electron chi connectivity index (χ0n) is 8.32. The van der Waals surface area contributed by atoms with Crippen molar-refractivity contribution in [2.45, 2.75) is 43.2 Å². The molecule has 90 valence electrons. The number of hydrogen-bond acceptors (Lipinski definition) is 7. The van der Waals surface area contributed by atoms with Gasteiger partial charge in [0.05, 0.1) is 12.6 Å². The molecule has 0 spiro atoms. The van der Waals surface area contributed by atoms with Crippen LogP contribution in [-0.4, -0.2) is 68.4 Å². The van der Waals surface area contributed by atoms with Gasteiger partial charge in [0.2, 0.25) is 5.79 Å². The fraction of sp³-hybridized carbons (Fsp3) is 1.00. The van der Waals surface area contributed by atoms with Crippen molar-refractivity contribution in [3.63, 3.8) is 0 Å². The number of aliphatic hydroxyl groups excluding tert-OH is 4. The zero-order chi connectivity index (χ0) is 11.8. The molecule has 0 bridgehead atoms. The molecule has 0 aliphatic carbocycles. The molecule has 1 heterocycles. The number of nitrogens with two attached hydrogens (primary N) is 1. The number of aliphatic hydroxyl groups is 5. The van der Waals surface area contributed by atoms with Crippen LogP contribution in [0.4, 0.5) is 0 Å². The lowest BCUT2D eigenvalue weighted by Gasteiger charge is -2.47. The summed E-state index contributed by atoms with van der Waals surface area (Å²) in [5, 5.41) is 47.0. The molecule has 1 saturated heterocycles. The van der Waals surface area contributed by atoms with Gasteiger partial charge in [-0.05, 0) is 6.92 Å². The van der Waals surface area contributed by atoms with Gasteiger partial charge in [0.15, 0.2) is 0 Å². The van der Waals surface area contributed by atoms with Crippen molar-refractivity contribution in [1.82, 2.24) is 0 Å². The van der Waals surface area contributed by atoms with Crippen LogP contribution in [0.3, 0.4) is 0 Å². The van der Waals surface area contributed by atoms with Gasteiger partial charge in [-0.2, -0.15) is 0 Å². The summed E-state index contributed by atoms with van der Waals surface area (Å²) in [6, 6.07) is -0.983. The molecular weight excluding hydrogens is 206 g/mol. The maximum Gasteiger partial charge on any atom is 0.210 e. The smallest absolute Gasteiger partial charge is 0.210 e. The molecule has 7 heteroatoms. The summed E-state index contributed by atoms with van der Waals surface area (Å²) in [6.07, 6.45) is -5.99. The van der Waals surface area contributed by atoms with Gasteiger partial charge >= 0.3 is 0 Å². The van der Waals surface area contributed by atoms with Gasteiger partial charge in [0.25, 0.3) is 0 Å². The predicted molar refractivity (Wildman–Crippen MR) is 48.6 cm³/mol. The Balaban J connectivity index is 2.92. The molecule has 0 aromatic heterocycles. The van der Waals surface area contributed by atoms with Gasteiger partial charge in [-0.1, -0.05) is 0 Å². The Morgan fingerprint density at radius 2 is 1.87 bits per heavy atom. The average Bonchev–Trinajstić information content (AvgIpc) is 2.20. The highest BCUT2D eigenvalue weighted by Gasteiger charge is 2.54. The normalized spacial score (nSPS) is 49.0. The Morgan fingerprint density at radius 3 is 2.27 bits per heavy atom. The van der Waals surface area contributed by atoms with Gasteiger partial charge in [-0.3, -0.25) is 0 Å². The number of rotatable bonds is 2. The van der Waals surface area contributed by atoms with E-state index >= 15 is 0 Å². The molecule has 0 radical (unpaired) electrons. The van der Waals surface area contributed by atoms with E-state index in [1.165, 1.54) is 6.92 Å². The van der Waals surface area contributed by atoms with E-state index in [0.717, 1.165) is 0 Å². The predicted octanol–water partition coefficient (Wildman–Crippen LogP) is -3.50. The average molecular weight is 223 g/mol. The molecule has 1 rings (SSSR count). The van der Waals surface area contributed by atoms with Crippen LogP contribution in [0.2, 0.25) is 0 Å². The molecular formula is C8H17NO6. The second-order valence-electron chi connectivity index (χ2n) is 3.81. The van der Waals surface area contributed by atoms with Crippen LogP contribution in [0.1, 0.15) is 6.92 Å². The van der Waals surface area contributed by atoms with Crippen molar-refractivity contribution < 1.29 is 30.3 Å². The molecule has 0 aromatic rings. The lowest BCUT2D eigenvalue weighted by atomic mass is 9.89. The summed E-state index contributed by atoms with van der Waals surface area (Å²) < 4.78 is 4.90. The van der Waals surface area contributed by atoms with Gasteiger partial charge in [0, 0.05) is 0 Å². The first-order valence-corrected chi connectivity index (χ1v) is 4.65. The maximum absolute atomic E-state index is 9.83. The Morgan fingerprint density at radius 1 is 1.33 bits per heavy atom. The van der Waals surface area contributed by atoms with Crippen molar-refractivity contribution >= 4 is 0 Å². The molecule has 1 aliphatic heterocycles. The Labute approximate surface area is 86.7 Å². The fourth-order valence-electron chi connectivity index (χ4n) is 1.56. The van der Waals surface area contributed by atoms with Crippen molar-refractivity contribution in [1.29, 1.82) is 0 Å². The first kappa shape index (κ1) is 12.8. The highest BCUT2D eigenvalue weighted by molar-refractivity contribution is 4.99. The van der Waals surface area contributed by atoms with Crippen LogP contribution in [0.15, 0.2) is 0 Å². The Kier molecular flexibility index (Phi) is 3.67. The molecule has 1 unspecified atom stereocenters. The Bertz CT molecular complexity index is 223. The van der Waals surface area contributed by atoms with Crippen molar-refractivity contribution in [3.8, 4) is 0 Å². The lowest BCUT2D eigenvalue weighted by Crippen LogP contribution is -2.70. The topological polar surface area (TPSA) is 136 Å². The summed E-state index contributed by atoms with van der Waals surface area (Å²) in [4.78, 5) is 0. The van der Waals surface area contributed by atoms with Gasteiger partial charge in [-0.25, -0.2) is 0 Å². The summed E-state index contributed by atoms with van der Waals surface area (Å²) in [5.41, 5.74) is 5.41. The van der Waals surface area contributed by atoms with E-state index in [1.54, 1.807) is 0 Å². The van der Waals surface area contributed by atoms with E-state index < -0.39 is 42.9 Å². The molecule has 0 saturated carbocycles. The second kappa shape index (κ2) is 4.30. The number of hydrogen-bond donors (Lipinski definition) is 6. The van der Waals surface area contributed by atoms with Crippen molar-refractivity contribution in [2.75, 3.05) is 6.61 Å². The van der Waals surface area contributed by atoms with Crippen molar-refractivity contribution in [2.24, 2.45) is 5.73 Å². The summed E-state index contributed by atoms with van der Waals surface area (Å²) >= 11 is 0. The van der Waals surface area contributed by atoms with Gasteiger partial charge in [-0.15, -0.1) is 0 Å². The first-order chi connectivity index (χ1) is 6.84. The van der Waals surface area contributed by atoms with Crippen molar-refractivity contribution in [3.05, 3.63) is 0 Å². The summed E-state index contributed by atoms with van der Waals surface area (Å²) in [7, 11) is 0. The van der Waals surface area contributed by atoms with Crippen LogP contribution in [-0.2, 0) is 4.74 Å². The molecule has 1 fully saturated rings. The fourth-order valence-corrected chi connectivity index (χ4v) is 1.56. The molecule has 7 N–H and O–H groups in total. The zero-order valence-corrected chi connectivity index (χ0v) is 8.32. The van der Waals surface area contributed by atoms with Gasteiger partial charge in [0.1, 0.15) is 24.4 Å². The molecule has 1 aliphatic rings. The minimum Gasteiger partial charge on any atom is -0.394 e. The third kappa shape index (κ3) is 2.00. The van der Waals surface area contributed by atoms with Gasteiger partial charge < -0.3 is 36.0 Å². The van der Waals surface area contributed by atoms with E-state index in [-0.39, 0.29) is 0 Å². The third-order valence-corrected chi connectivity index (χ3v) is 2.65. The molecule has 7 nitrogen and oxygen atoms in total. The van der Waals surface area contributed by atoms with E-state index in [9.17, 15) is 20.4 Å². The van der Waals surface area contributed by atoms with Crippen LogP contribution in [0.25, 0.3) is 0 Å². The molecule has 6 atom stereocenters. The monoisotopic (exact) mass is 223 g/mol. The molecule has 0 amide bonds. The highest BCUT2D eigenvalue weighted by Crippen LogP contribution is 2.29. The third-order valence-electron chi connectivity index (χ3n) is 2.65. The number of ether oxygens (including phenoxy) is 1. The van der Waals surface area contributed by atoms with Crippen LogP contribution in [0, 0.1) is 0 Å². The van der Waals surface area contributed by atoms with E-state index in [0.29, 0.717) is 0 Å². The van der Waals surface area contributed by atoms with Crippen LogP contribution >= 0.6 is 0 Å². The standard InChI is InChI=1S/C8H17NO6/c1-3(9)8(14)7(13)6(12)5(11)4(2-10)15-8/h3-7,10-14H,2,9H2,1H3/t3?,4-,5+,6+,7-,8-/m1/s1. The highest BCUT2D eigenvalue weighted by atomic mass is 16.7. The Hall–Kier alpha value is -0.280. The quantitative estimate of drug-likeness (QED) is 0.286. The molecule has 0 aromatic carbocycles. The minimum absolute atomic E-state index is 0.597. The van der Waals surface area contributed by atoms with E-state index in [4.69, 9.17) is 15.6 Å². The second-order valence-corrected chi connectivity index (χ2v) is 3.81. The summed E-state index contributed by atoms with van der Waals surface area (Å²) in [5.74, 6) is -2.17. The minimum atomic E-state index is -2.17. The van der Waals surface area contributed by atoms with Crippen LogP contribution < -0.4 is 5.73 Å². The summed E-state index contributed by atoms with van der Waals surface area (Å²) in [6.45, 7) is 0.780. The van der Waals surface area contributed by atoms with E-state index in [1.807, 2.05) is 0 Å². The molecule has 15 heavy (non-hydrogen) atoms. The SMILES string of the molecule is CC(N)[C@@]1(O)O[C@H](CO)[C@H](O)[C@H](O)[C@H]1O. The van der Waals surface area contributed by atoms with E-state index in [2.05, 4.69) is 0 Å².